The predicted molar refractivity (Wildman–Crippen MR) is 171 cm³/mol. The first-order valence-electron chi connectivity index (χ1n) is 15.5. The monoisotopic (exact) mass is 638 g/mol. The minimum Gasteiger partial charge on any atom is -0.497 e. The van der Waals surface area contributed by atoms with Crippen molar-refractivity contribution in [1.82, 2.24) is 20.5 Å². The first-order valence-corrected chi connectivity index (χ1v) is 15.5. The van der Waals surface area contributed by atoms with E-state index in [1.54, 1.807) is 53.1 Å². The Labute approximate surface area is 270 Å². The number of nitrogens with zero attached hydrogens (tertiary/aromatic N) is 2. The molecule has 12 nitrogen and oxygen atoms in total. The fourth-order valence-electron chi connectivity index (χ4n) is 5.69. The van der Waals surface area contributed by atoms with Gasteiger partial charge >= 0.3 is 12.1 Å². The lowest BCUT2D eigenvalue weighted by atomic mass is 9.85. The van der Waals surface area contributed by atoms with Crippen LogP contribution in [0.25, 0.3) is 10.8 Å². The molecule has 2 N–H and O–H groups in total. The van der Waals surface area contributed by atoms with Gasteiger partial charge in [-0.15, -0.1) is 6.58 Å². The lowest BCUT2D eigenvalue weighted by molar-refractivity contribution is -0.150. The molecule has 0 unspecified atom stereocenters. The number of likely N-dealkylation sites (tertiary alicyclic amines) is 1. The van der Waals surface area contributed by atoms with Crippen LogP contribution in [-0.2, 0) is 23.9 Å². The van der Waals surface area contributed by atoms with Crippen molar-refractivity contribution in [3.63, 3.8) is 0 Å². The second-order valence-corrected chi connectivity index (χ2v) is 13.9. The van der Waals surface area contributed by atoms with E-state index in [9.17, 15) is 19.2 Å². The number of esters is 1. The Kier molecular flexibility index (Phi) is 9.89. The van der Waals surface area contributed by atoms with E-state index in [1.807, 2.05) is 39.0 Å². The van der Waals surface area contributed by atoms with Crippen LogP contribution in [-0.4, -0.2) is 83.3 Å². The number of alkyl carbamates (subject to hydrolysis) is 1. The van der Waals surface area contributed by atoms with Crippen LogP contribution in [0.4, 0.5) is 4.79 Å². The first-order chi connectivity index (χ1) is 21.5. The Morgan fingerprint density at radius 1 is 1.15 bits per heavy atom. The molecule has 4 rings (SSSR count). The van der Waals surface area contributed by atoms with Crippen LogP contribution in [0.3, 0.4) is 0 Å². The van der Waals surface area contributed by atoms with Crippen molar-refractivity contribution in [2.24, 2.45) is 11.3 Å². The highest BCUT2D eigenvalue weighted by atomic mass is 16.6. The second-order valence-electron chi connectivity index (χ2n) is 13.9. The number of benzene rings is 1. The van der Waals surface area contributed by atoms with E-state index in [0.717, 1.165) is 10.8 Å². The molecule has 5 atom stereocenters. The largest absolute Gasteiger partial charge is 0.497 e. The highest BCUT2D eigenvalue weighted by Gasteiger charge is 2.62. The lowest BCUT2D eigenvalue weighted by Crippen LogP contribution is -2.59. The molecule has 0 spiro atoms. The molecule has 1 aromatic heterocycles. The number of carbonyl (C=O) groups is 4. The molecule has 46 heavy (non-hydrogen) atoms. The van der Waals surface area contributed by atoms with Gasteiger partial charge in [-0.1, -0.05) is 26.8 Å². The maximum Gasteiger partial charge on any atom is 0.408 e. The summed E-state index contributed by atoms with van der Waals surface area (Å²) in [7, 11) is 1.59. The van der Waals surface area contributed by atoms with E-state index in [4.69, 9.17) is 18.9 Å². The number of pyridine rings is 1. The number of methoxy groups -OCH3 is 1. The molecular weight excluding hydrogens is 592 g/mol. The summed E-state index contributed by atoms with van der Waals surface area (Å²) in [6.07, 6.45) is 2.31. The van der Waals surface area contributed by atoms with Crippen molar-refractivity contribution in [3.8, 4) is 11.6 Å². The normalized spacial score (nSPS) is 23.2. The minimum atomic E-state index is -1.25. The minimum absolute atomic E-state index is 0.0328. The summed E-state index contributed by atoms with van der Waals surface area (Å²) in [5.41, 5.74) is -2.79. The van der Waals surface area contributed by atoms with Gasteiger partial charge in [0.15, 0.2) is 0 Å². The topological polar surface area (TPSA) is 145 Å². The third-order valence-corrected chi connectivity index (χ3v) is 8.12. The fraction of sp³-hybridized carbons (Fsp3) is 0.559. The van der Waals surface area contributed by atoms with Gasteiger partial charge in [-0.3, -0.25) is 9.59 Å². The molecule has 1 aliphatic carbocycles. The number of amides is 3. The van der Waals surface area contributed by atoms with Gasteiger partial charge in [-0.25, -0.2) is 14.6 Å². The van der Waals surface area contributed by atoms with Crippen molar-refractivity contribution < 1.29 is 38.1 Å². The smallest absolute Gasteiger partial charge is 0.408 e. The summed E-state index contributed by atoms with van der Waals surface area (Å²) >= 11 is 0. The van der Waals surface area contributed by atoms with Crippen molar-refractivity contribution in [3.05, 3.63) is 43.1 Å². The van der Waals surface area contributed by atoms with E-state index in [2.05, 4.69) is 22.2 Å². The fourth-order valence-corrected chi connectivity index (χ4v) is 5.69. The molecule has 2 fully saturated rings. The zero-order chi connectivity index (χ0) is 34.0. The highest BCUT2D eigenvalue weighted by molar-refractivity contribution is 5.97. The molecule has 0 bridgehead atoms. The standard InChI is InChI=1S/C34H46N4O8/c1-10-21-18-34(21,30(41)44-11-2)37-27(39)25-17-23(45-28-24-13-12-22(43-9)16-20(24)14-15-35-28)19-38(25)29(40)26(32(3,4)5)36-31(42)46-33(6,7)8/h10,12-16,21,23,25-26H,1,11,17-19H2,2-9H3,(H,36,42)(H,37,39)/t21-,23-,25+,26-,34-/m1/s1. The Balaban J connectivity index is 1.66. The van der Waals surface area contributed by atoms with E-state index in [1.165, 1.54) is 4.90 Å². The Morgan fingerprint density at radius 3 is 2.46 bits per heavy atom. The van der Waals surface area contributed by atoms with Gasteiger partial charge in [0.05, 0.1) is 20.3 Å². The van der Waals surface area contributed by atoms with Crippen LogP contribution in [0.15, 0.2) is 43.1 Å². The third-order valence-electron chi connectivity index (χ3n) is 8.12. The van der Waals surface area contributed by atoms with Gasteiger partial charge in [-0.05, 0) is 69.2 Å². The van der Waals surface area contributed by atoms with Gasteiger partial charge in [0.1, 0.15) is 35.1 Å². The summed E-state index contributed by atoms with van der Waals surface area (Å²) in [6.45, 7) is 16.3. The zero-order valence-corrected chi connectivity index (χ0v) is 28.0. The van der Waals surface area contributed by atoms with Gasteiger partial charge in [-0.2, -0.15) is 0 Å². The second kappa shape index (κ2) is 13.2. The maximum atomic E-state index is 14.3. The van der Waals surface area contributed by atoms with Gasteiger partial charge in [0.2, 0.25) is 17.7 Å². The predicted octanol–water partition coefficient (Wildman–Crippen LogP) is 4.16. The van der Waals surface area contributed by atoms with Crippen LogP contribution >= 0.6 is 0 Å². The summed E-state index contributed by atoms with van der Waals surface area (Å²) < 4.78 is 22.4. The SMILES string of the molecule is C=C[C@@H]1C[C@]1(NC(=O)[C@@H]1C[C@@H](Oc2nccc3cc(OC)ccc23)CN1C(=O)[C@@H](NC(=O)OC(C)(C)C)C(C)(C)C)C(=O)OCC. The number of carbonyl (C=O) groups excluding carboxylic acids is 4. The number of rotatable bonds is 10. The quantitative estimate of drug-likeness (QED) is 0.290. The molecule has 250 valence electrons. The van der Waals surface area contributed by atoms with E-state index >= 15 is 0 Å². The summed E-state index contributed by atoms with van der Waals surface area (Å²) in [5, 5.41) is 7.19. The van der Waals surface area contributed by atoms with Crippen LogP contribution in [0.1, 0.15) is 61.3 Å². The summed E-state index contributed by atoms with van der Waals surface area (Å²) in [5.74, 6) is -0.848. The Hall–Kier alpha value is -4.35. The molecule has 1 saturated heterocycles. The summed E-state index contributed by atoms with van der Waals surface area (Å²) in [4.78, 5) is 59.9. The van der Waals surface area contributed by atoms with Crippen LogP contribution in [0.5, 0.6) is 11.6 Å². The molecule has 0 radical (unpaired) electrons. The van der Waals surface area contributed by atoms with Crippen molar-refractivity contribution in [1.29, 1.82) is 0 Å². The molecule has 1 aliphatic heterocycles. The van der Waals surface area contributed by atoms with Crippen molar-refractivity contribution >= 4 is 34.6 Å². The first kappa shape index (κ1) is 34.5. The third kappa shape index (κ3) is 7.54. The average Bonchev–Trinajstić information content (AvgIpc) is 3.53. The molecular formula is C34H46N4O8. The maximum absolute atomic E-state index is 14.3. The Bertz CT molecular complexity index is 1500. The molecule has 2 aliphatic rings. The molecule has 2 aromatic rings. The number of nitrogens with one attached hydrogen (secondary N) is 2. The molecule has 3 amide bonds. The van der Waals surface area contributed by atoms with Crippen LogP contribution in [0.2, 0.25) is 0 Å². The van der Waals surface area contributed by atoms with E-state index in [-0.39, 0.29) is 25.5 Å². The number of aromatic nitrogens is 1. The lowest BCUT2D eigenvalue weighted by Gasteiger charge is -2.36. The number of hydrogen-bond acceptors (Lipinski definition) is 9. The highest BCUT2D eigenvalue weighted by Crippen LogP contribution is 2.46. The van der Waals surface area contributed by atoms with Crippen molar-refractivity contribution in [2.45, 2.75) is 90.6 Å². The van der Waals surface area contributed by atoms with Gasteiger partial charge in [0, 0.05) is 23.9 Å². The van der Waals surface area contributed by atoms with Gasteiger partial charge in [0.25, 0.3) is 0 Å². The van der Waals surface area contributed by atoms with Crippen LogP contribution in [0, 0.1) is 11.3 Å². The molecule has 12 heteroatoms. The average molecular weight is 639 g/mol. The molecule has 2 heterocycles. The van der Waals surface area contributed by atoms with Crippen LogP contribution < -0.4 is 20.1 Å². The van der Waals surface area contributed by atoms with Crippen molar-refractivity contribution in [2.75, 3.05) is 20.3 Å². The van der Waals surface area contributed by atoms with E-state index < -0.39 is 58.6 Å². The number of ether oxygens (including phenoxy) is 4. The van der Waals surface area contributed by atoms with Gasteiger partial charge < -0.3 is 34.5 Å². The summed E-state index contributed by atoms with van der Waals surface area (Å²) in [6, 6.07) is 5.28. The molecule has 1 aromatic carbocycles. The van der Waals surface area contributed by atoms with E-state index in [0.29, 0.717) is 18.1 Å². The number of hydrogen-bond donors (Lipinski definition) is 2. The zero-order valence-electron chi connectivity index (χ0n) is 28.0. The number of fused-ring (bicyclic) bond motifs is 1. The molecule has 1 saturated carbocycles. The Morgan fingerprint density at radius 2 is 1.87 bits per heavy atom.